The molecule has 0 saturated heterocycles. The minimum absolute atomic E-state index is 0.0104. The van der Waals surface area contributed by atoms with Gasteiger partial charge in [0.1, 0.15) is 0 Å². The maximum Gasteiger partial charge on any atom is 0.242 e. The molecule has 2 N–H and O–H groups in total. The van der Waals surface area contributed by atoms with Crippen LogP contribution in [0.4, 0.5) is 5.69 Å². The number of hydrogen-bond donors (Lipinski definition) is 2. The van der Waals surface area contributed by atoms with Crippen molar-refractivity contribution in [1.29, 1.82) is 0 Å². The number of fused-ring (bicyclic) bond motifs is 3. The average molecular weight is 577 g/mol. The van der Waals surface area contributed by atoms with Crippen molar-refractivity contribution in [2.24, 2.45) is 4.99 Å². The van der Waals surface area contributed by atoms with E-state index < -0.39 is 10.0 Å². The lowest BCUT2D eigenvalue weighted by Gasteiger charge is -2.17. The fourth-order valence-electron chi connectivity index (χ4n) is 3.76. The lowest BCUT2D eigenvalue weighted by Crippen LogP contribution is -2.30. The number of ether oxygens (including phenoxy) is 4. The van der Waals surface area contributed by atoms with Gasteiger partial charge in [-0.25, -0.2) is 13.4 Å². The molecule has 0 fully saturated rings. The van der Waals surface area contributed by atoms with Crippen LogP contribution in [0.25, 0.3) is 21.1 Å². The summed E-state index contributed by atoms with van der Waals surface area (Å²) in [4.78, 5) is 11.9. The molecule has 0 saturated carbocycles. The Hall–Kier alpha value is -2.91. The van der Waals surface area contributed by atoms with Crippen LogP contribution in [-0.2, 0) is 29.0 Å². The fraction of sp³-hybridized carbons (Fsp3) is 0.385. The second-order valence-corrected chi connectivity index (χ2v) is 11.4. The third kappa shape index (κ3) is 7.39. The summed E-state index contributed by atoms with van der Waals surface area (Å²) in [6.45, 7) is 3.22. The van der Waals surface area contributed by atoms with Gasteiger partial charge in [0.2, 0.25) is 10.0 Å². The molecule has 0 aliphatic rings. The number of aromatic hydroxyl groups is 1. The predicted molar refractivity (Wildman–Crippen MR) is 151 cm³/mol. The number of nitrogens with one attached hydrogen (secondary N) is 1. The molecule has 4 rings (SSSR count). The number of sulfonamides is 1. The van der Waals surface area contributed by atoms with Gasteiger partial charge in [-0.1, -0.05) is 0 Å². The highest BCUT2D eigenvalue weighted by Gasteiger charge is 2.20. The number of aromatic nitrogens is 2. The summed E-state index contributed by atoms with van der Waals surface area (Å²) >= 11 is 1.49. The minimum atomic E-state index is -3.69. The highest BCUT2D eigenvalue weighted by molar-refractivity contribution is 7.89. The van der Waals surface area contributed by atoms with E-state index in [1.165, 1.54) is 34.8 Å². The van der Waals surface area contributed by atoms with Crippen LogP contribution in [0.15, 0.2) is 51.8 Å². The van der Waals surface area contributed by atoms with Crippen LogP contribution >= 0.6 is 11.3 Å². The molecule has 0 unspecified atom stereocenters. The molecule has 13 heteroatoms. The molecule has 0 atom stereocenters. The van der Waals surface area contributed by atoms with Crippen LogP contribution in [0.3, 0.4) is 0 Å². The van der Waals surface area contributed by atoms with Crippen LogP contribution in [0.5, 0.6) is 5.88 Å². The standard InChI is InChI=1S/C26H32N4O7S2/c1-30(9-10-35-13-14-37-16-15-36-12-11-34-2)39(32,33)20-5-3-19(4-6-20)27-17-21-24-22(29-26(21)31)7-8-23-25(24)38-18-28-23/h3-8,17-18,29,31H,9-16H2,1-2H3. The monoisotopic (exact) mass is 576 g/mol. The summed E-state index contributed by atoms with van der Waals surface area (Å²) in [5, 5.41) is 11.3. The van der Waals surface area contributed by atoms with Crippen molar-refractivity contribution in [3.05, 3.63) is 47.5 Å². The number of thiazole rings is 1. The molecule has 2 heterocycles. The van der Waals surface area contributed by atoms with Gasteiger partial charge < -0.3 is 29.0 Å². The second kappa shape index (κ2) is 13.9. The first-order valence-corrected chi connectivity index (χ1v) is 14.6. The molecular formula is C26H32N4O7S2. The topological polar surface area (TPSA) is 136 Å². The molecule has 2 aromatic heterocycles. The van der Waals surface area contributed by atoms with Gasteiger partial charge in [-0.2, -0.15) is 4.31 Å². The van der Waals surface area contributed by atoms with E-state index in [9.17, 15) is 13.5 Å². The highest BCUT2D eigenvalue weighted by Crippen LogP contribution is 2.34. The average Bonchev–Trinajstić information content (AvgIpc) is 3.54. The molecule has 2 aromatic carbocycles. The fourth-order valence-corrected chi connectivity index (χ4v) is 5.77. The summed E-state index contributed by atoms with van der Waals surface area (Å²) in [7, 11) is -0.557. The van der Waals surface area contributed by atoms with Crippen LogP contribution in [0.2, 0.25) is 0 Å². The number of hydrogen-bond acceptors (Lipinski definition) is 10. The van der Waals surface area contributed by atoms with Crippen LogP contribution in [0, 0.1) is 0 Å². The van der Waals surface area contributed by atoms with Gasteiger partial charge in [-0.15, -0.1) is 11.3 Å². The Labute approximate surface area is 231 Å². The highest BCUT2D eigenvalue weighted by atomic mass is 32.2. The summed E-state index contributed by atoms with van der Waals surface area (Å²) in [5.74, 6) is 0.0104. The van der Waals surface area contributed by atoms with Gasteiger partial charge in [0.15, 0.2) is 5.88 Å². The van der Waals surface area contributed by atoms with E-state index in [4.69, 9.17) is 18.9 Å². The van der Waals surface area contributed by atoms with Crippen molar-refractivity contribution < 1.29 is 32.5 Å². The van der Waals surface area contributed by atoms with Gasteiger partial charge >= 0.3 is 0 Å². The normalized spacial score (nSPS) is 12.5. The van der Waals surface area contributed by atoms with Gasteiger partial charge in [-0.3, -0.25) is 4.99 Å². The molecule has 0 radical (unpaired) electrons. The maximum atomic E-state index is 12.9. The SMILES string of the molecule is COCCOCCOCCOCCN(C)S(=O)(=O)c1ccc(N=Cc2c(O)[nH]c3ccc4ncsc4c23)cc1. The Morgan fingerprint density at radius 2 is 1.67 bits per heavy atom. The summed E-state index contributed by atoms with van der Waals surface area (Å²) in [5.41, 5.74) is 4.50. The van der Waals surface area contributed by atoms with Gasteiger partial charge in [0.05, 0.1) is 83.6 Å². The molecule has 0 bridgehead atoms. The Morgan fingerprint density at radius 1 is 1.00 bits per heavy atom. The quantitative estimate of drug-likeness (QED) is 0.153. The summed E-state index contributed by atoms with van der Waals surface area (Å²) < 4.78 is 49.2. The molecule has 39 heavy (non-hydrogen) atoms. The lowest BCUT2D eigenvalue weighted by molar-refractivity contribution is 0.00310. The number of aliphatic imine (C=N–C) groups is 1. The zero-order chi connectivity index (χ0) is 27.7. The molecule has 11 nitrogen and oxygen atoms in total. The van der Waals surface area contributed by atoms with E-state index in [-0.39, 0.29) is 23.9 Å². The number of methoxy groups -OCH3 is 1. The Balaban J connectivity index is 1.27. The number of benzene rings is 2. The molecule has 4 aromatic rings. The van der Waals surface area contributed by atoms with Gasteiger partial charge in [0.25, 0.3) is 0 Å². The number of H-pyrrole nitrogens is 1. The van der Waals surface area contributed by atoms with Crippen molar-refractivity contribution in [2.75, 3.05) is 67.0 Å². The maximum absolute atomic E-state index is 12.9. The Kier molecular flexibility index (Phi) is 10.4. The Morgan fingerprint density at radius 3 is 2.36 bits per heavy atom. The first-order valence-electron chi connectivity index (χ1n) is 12.3. The van der Waals surface area contributed by atoms with Crippen molar-refractivity contribution in [2.45, 2.75) is 4.90 Å². The van der Waals surface area contributed by atoms with Crippen molar-refractivity contribution in [3.8, 4) is 5.88 Å². The first kappa shape index (κ1) is 29.1. The number of aromatic amines is 1. The van der Waals surface area contributed by atoms with E-state index in [1.54, 1.807) is 31.0 Å². The minimum Gasteiger partial charge on any atom is -0.494 e. The second-order valence-electron chi connectivity index (χ2n) is 8.48. The number of rotatable bonds is 16. The molecule has 0 aliphatic carbocycles. The summed E-state index contributed by atoms with van der Waals surface area (Å²) in [6.07, 6.45) is 1.57. The van der Waals surface area contributed by atoms with E-state index in [2.05, 4.69) is 15.0 Å². The van der Waals surface area contributed by atoms with E-state index in [0.29, 0.717) is 50.9 Å². The van der Waals surface area contributed by atoms with Gasteiger partial charge in [0, 0.05) is 32.3 Å². The zero-order valence-electron chi connectivity index (χ0n) is 21.8. The smallest absolute Gasteiger partial charge is 0.242 e. The number of nitrogens with zero attached hydrogens (tertiary/aromatic N) is 3. The zero-order valence-corrected chi connectivity index (χ0v) is 23.5. The van der Waals surface area contributed by atoms with E-state index in [1.807, 2.05) is 12.1 Å². The molecule has 0 spiro atoms. The third-order valence-corrected chi connectivity index (χ3v) is 8.62. The Bertz CT molecular complexity index is 1480. The van der Waals surface area contributed by atoms with Crippen molar-refractivity contribution >= 4 is 54.4 Å². The largest absolute Gasteiger partial charge is 0.494 e. The predicted octanol–water partition coefficient (Wildman–Crippen LogP) is 3.55. The summed E-state index contributed by atoms with van der Waals surface area (Å²) in [6, 6.07) is 10.0. The molecule has 0 amide bonds. The first-order chi connectivity index (χ1) is 18.9. The molecule has 0 aliphatic heterocycles. The van der Waals surface area contributed by atoms with Crippen molar-refractivity contribution in [3.63, 3.8) is 0 Å². The number of likely N-dealkylation sites (N-methyl/N-ethyl adjacent to an activating group) is 1. The molecule has 210 valence electrons. The van der Waals surface area contributed by atoms with E-state index >= 15 is 0 Å². The van der Waals surface area contributed by atoms with Crippen LogP contribution in [-0.4, -0.2) is 101 Å². The van der Waals surface area contributed by atoms with Gasteiger partial charge in [-0.05, 0) is 36.4 Å². The van der Waals surface area contributed by atoms with Crippen LogP contribution in [0.1, 0.15) is 5.56 Å². The van der Waals surface area contributed by atoms with Crippen LogP contribution < -0.4 is 0 Å². The molecular weight excluding hydrogens is 544 g/mol. The van der Waals surface area contributed by atoms with E-state index in [0.717, 1.165) is 21.1 Å². The van der Waals surface area contributed by atoms with Crippen molar-refractivity contribution in [1.82, 2.24) is 14.3 Å². The lowest BCUT2D eigenvalue weighted by atomic mass is 10.1. The third-order valence-electron chi connectivity index (χ3n) is 5.89.